The minimum Gasteiger partial charge on any atom is -0.462 e. The lowest BCUT2D eigenvalue weighted by molar-refractivity contribution is -0.149. The summed E-state index contributed by atoms with van der Waals surface area (Å²) >= 11 is 0. The summed E-state index contributed by atoms with van der Waals surface area (Å²) in [6.45, 7) is 11.7. The van der Waals surface area contributed by atoms with E-state index >= 15 is 0 Å². The molecule has 0 saturated carbocycles. The second-order valence-electron chi connectivity index (χ2n) is 4.66. The van der Waals surface area contributed by atoms with Gasteiger partial charge in [0, 0.05) is 26.2 Å². The van der Waals surface area contributed by atoms with Gasteiger partial charge in [0.2, 0.25) is 0 Å². The monoisotopic (exact) mass is 228 g/mol. The minimum absolute atomic E-state index is 0.00567. The van der Waals surface area contributed by atoms with Gasteiger partial charge >= 0.3 is 5.97 Å². The van der Waals surface area contributed by atoms with Crippen LogP contribution in [0, 0.1) is 0 Å². The van der Waals surface area contributed by atoms with E-state index in [4.69, 9.17) is 4.74 Å². The van der Waals surface area contributed by atoms with Crippen molar-refractivity contribution < 1.29 is 9.53 Å². The Bertz CT molecular complexity index is 211. The summed E-state index contributed by atoms with van der Waals surface area (Å²) in [6.07, 6.45) is 1.20. The van der Waals surface area contributed by atoms with Crippen LogP contribution in [-0.4, -0.2) is 61.1 Å². The molecule has 16 heavy (non-hydrogen) atoms. The Morgan fingerprint density at radius 1 is 1.19 bits per heavy atom. The average molecular weight is 228 g/mol. The first kappa shape index (κ1) is 13.5. The van der Waals surface area contributed by atoms with Gasteiger partial charge < -0.3 is 9.64 Å². The highest BCUT2D eigenvalue weighted by Crippen LogP contribution is 2.03. The van der Waals surface area contributed by atoms with E-state index in [1.807, 2.05) is 13.8 Å². The highest BCUT2D eigenvalue weighted by molar-refractivity contribution is 5.71. The number of hydrogen-bond donors (Lipinski definition) is 0. The third-order valence-corrected chi connectivity index (χ3v) is 2.72. The molecule has 1 heterocycles. The third kappa shape index (κ3) is 4.94. The first-order valence-electron chi connectivity index (χ1n) is 6.26. The molecule has 0 bridgehead atoms. The normalized spacial score (nSPS) is 19.0. The van der Waals surface area contributed by atoms with Crippen LogP contribution >= 0.6 is 0 Å². The van der Waals surface area contributed by atoms with Gasteiger partial charge in [0.05, 0.1) is 12.6 Å². The van der Waals surface area contributed by atoms with Gasteiger partial charge in [-0.15, -0.1) is 0 Å². The summed E-state index contributed by atoms with van der Waals surface area (Å²) in [4.78, 5) is 16.1. The van der Waals surface area contributed by atoms with E-state index in [9.17, 15) is 4.79 Å². The number of carbonyl (C=O) groups is 1. The standard InChI is InChI=1S/C12H24N2O2/c1-4-5-13-6-8-14(9-7-13)10-12(15)16-11(2)3/h11H,4-10H2,1-3H3. The van der Waals surface area contributed by atoms with Gasteiger partial charge in [-0.05, 0) is 26.8 Å². The second kappa shape index (κ2) is 6.86. The van der Waals surface area contributed by atoms with Gasteiger partial charge in [0.15, 0.2) is 0 Å². The Morgan fingerprint density at radius 2 is 1.75 bits per heavy atom. The molecular formula is C12H24N2O2. The molecule has 0 spiro atoms. The molecule has 0 aromatic rings. The molecule has 0 aromatic carbocycles. The number of rotatable bonds is 5. The van der Waals surface area contributed by atoms with Gasteiger partial charge in [-0.1, -0.05) is 6.92 Å². The molecule has 94 valence electrons. The molecule has 0 unspecified atom stereocenters. The Morgan fingerprint density at radius 3 is 2.25 bits per heavy atom. The van der Waals surface area contributed by atoms with Gasteiger partial charge in [-0.25, -0.2) is 0 Å². The summed E-state index contributed by atoms with van der Waals surface area (Å²) in [5, 5.41) is 0. The van der Waals surface area contributed by atoms with E-state index in [0.29, 0.717) is 6.54 Å². The van der Waals surface area contributed by atoms with Crippen molar-refractivity contribution in [2.75, 3.05) is 39.3 Å². The lowest BCUT2D eigenvalue weighted by atomic mass is 10.3. The molecule has 0 atom stereocenters. The maximum atomic E-state index is 11.5. The molecule has 0 radical (unpaired) electrons. The molecule has 4 nitrogen and oxygen atoms in total. The molecule has 1 saturated heterocycles. The van der Waals surface area contributed by atoms with Crippen LogP contribution in [0.3, 0.4) is 0 Å². The van der Waals surface area contributed by atoms with Crippen molar-refractivity contribution in [3.8, 4) is 0 Å². The van der Waals surface area contributed by atoms with Crippen molar-refractivity contribution in [1.29, 1.82) is 0 Å². The molecule has 1 aliphatic rings. The first-order chi connectivity index (χ1) is 7.61. The van der Waals surface area contributed by atoms with Crippen LogP contribution in [0.4, 0.5) is 0 Å². The van der Waals surface area contributed by atoms with Crippen LogP contribution < -0.4 is 0 Å². The van der Waals surface area contributed by atoms with Crippen molar-refractivity contribution in [1.82, 2.24) is 9.80 Å². The van der Waals surface area contributed by atoms with E-state index in [-0.39, 0.29) is 12.1 Å². The smallest absolute Gasteiger partial charge is 0.320 e. The molecule has 1 aliphatic heterocycles. The fourth-order valence-electron chi connectivity index (χ4n) is 1.97. The highest BCUT2D eigenvalue weighted by atomic mass is 16.5. The predicted molar refractivity (Wildman–Crippen MR) is 64.4 cm³/mol. The van der Waals surface area contributed by atoms with E-state index < -0.39 is 0 Å². The minimum atomic E-state index is -0.0982. The van der Waals surface area contributed by atoms with Crippen LogP contribution in [0.1, 0.15) is 27.2 Å². The largest absolute Gasteiger partial charge is 0.462 e. The summed E-state index contributed by atoms with van der Waals surface area (Å²) < 4.78 is 5.13. The zero-order valence-electron chi connectivity index (χ0n) is 10.7. The van der Waals surface area contributed by atoms with Gasteiger partial charge in [0.1, 0.15) is 0 Å². The van der Waals surface area contributed by atoms with Crippen molar-refractivity contribution in [3.05, 3.63) is 0 Å². The molecule has 0 N–H and O–H groups in total. The van der Waals surface area contributed by atoms with Crippen molar-refractivity contribution in [2.45, 2.75) is 33.3 Å². The van der Waals surface area contributed by atoms with Crippen molar-refractivity contribution in [2.24, 2.45) is 0 Å². The first-order valence-corrected chi connectivity index (χ1v) is 6.26. The summed E-state index contributed by atoms with van der Waals surface area (Å²) in [7, 11) is 0. The van der Waals surface area contributed by atoms with Crippen LogP contribution in [0.25, 0.3) is 0 Å². The zero-order chi connectivity index (χ0) is 12.0. The predicted octanol–water partition coefficient (Wildman–Crippen LogP) is 0.966. The third-order valence-electron chi connectivity index (χ3n) is 2.72. The van der Waals surface area contributed by atoms with Crippen LogP contribution in [0.2, 0.25) is 0 Å². The zero-order valence-corrected chi connectivity index (χ0v) is 10.7. The number of piperazine rings is 1. The number of carbonyl (C=O) groups excluding carboxylic acids is 1. The van der Waals surface area contributed by atoms with E-state index in [0.717, 1.165) is 26.2 Å². The number of nitrogens with zero attached hydrogens (tertiary/aromatic N) is 2. The summed E-state index contributed by atoms with van der Waals surface area (Å²) in [5.74, 6) is -0.0982. The van der Waals surface area contributed by atoms with E-state index in [1.165, 1.54) is 13.0 Å². The van der Waals surface area contributed by atoms with E-state index in [1.54, 1.807) is 0 Å². The van der Waals surface area contributed by atoms with Gasteiger partial charge in [-0.3, -0.25) is 9.69 Å². The lowest BCUT2D eigenvalue weighted by Gasteiger charge is -2.33. The molecule has 1 fully saturated rings. The summed E-state index contributed by atoms with van der Waals surface area (Å²) in [5.41, 5.74) is 0. The van der Waals surface area contributed by atoms with E-state index in [2.05, 4.69) is 16.7 Å². The number of esters is 1. The molecule has 4 heteroatoms. The van der Waals surface area contributed by atoms with Gasteiger partial charge in [-0.2, -0.15) is 0 Å². The molecule has 0 aromatic heterocycles. The average Bonchev–Trinajstić information content (AvgIpc) is 2.20. The second-order valence-corrected chi connectivity index (χ2v) is 4.66. The summed E-state index contributed by atoms with van der Waals surface area (Å²) in [6, 6.07) is 0. The van der Waals surface area contributed by atoms with Gasteiger partial charge in [0.25, 0.3) is 0 Å². The topological polar surface area (TPSA) is 32.8 Å². The maximum absolute atomic E-state index is 11.5. The Labute approximate surface area is 98.5 Å². The quantitative estimate of drug-likeness (QED) is 0.656. The Balaban J connectivity index is 2.19. The molecular weight excluding hydrogens is 204 g/mol. The van der Waals surface area contributed by atoms with Crippen LogP contribution in [0.5, 0.6) is 0 Å². The Hall–Kier alpha value is -0.610. The fourth-order valence-corrected chi connectivity index (χ4v) is 1.97. The van der Waals surface area contributed by atoms with Crippen LogP contribution in [0.15, 0.2) is 0 Å². The van der Waals surface area contributed by atoms with Crippen molar-refractivity contribution in [3.63, 3.8) is 0 Å². The molecule has 0 amide bonds. The van der Waals surface area contributed by atoms with Crippen LogP contribution in [-0.2, 0) is 9.53 Å². The number of ether oxygens (including phenoxy) is 1. The fraction of sp³-hybridized carbons (Fsp3) is 0.917. The highest BCUT2D eigenvalue weighted by Gasteiger charge is 2.19. The number of hydrogen-bond acceptors (Lipinski definition) is 4. The molecule has 0 aliphatic carbocycles. The lowest BCUT2D eigenvalue weighted by Crippen LogP contribution is -2.48. The molecule has 1 rings (SSSR count). The SMILES string of the molecule is CCCN1CCN(CC(=O)OC(C)C)CC1. The van der Waals surface area contributed by atoms with Crippen molar-refractivity contribution >= 4 is 5.97 Å². The Kier molecular flexibility index (Phi) is 5.77. The maximum Gasteiger partial charge on any atom is 0.320 e.